The van der Waals surface area contributed by atoms with E-state index in [0.29, 0.717) is 90.1 Å². The Morgan fingerprint density at radius 1 is 0.610 bits per heavy atom. The minimum Gasteiger partial charge on any atom is -0.425 e. The van der Waals surface area contributed by atoms with Gasteiger partial charge in [0.1, 0.15) is 22.7 Å². The first-order valence-electron chi connectivity index (χ1n) is 53.0. The van der Waals surface area contributed by atoms with E-state index < -0.39 is 19.9 Å². The molecule has 4 fully saturated rings. The van der Waals surface area contributed by atoms with Gasteiger partial charge in [-0.1, -0.05) is 270 Å². The number of nitrogens with one attached hydrogen (secondary N) is 4. The zero-order valence-corrected chi connectivity index (χ0v) is 104. The van der Waals surface area contributed by atoms with Crippen molar-refractivity contribution in [2.24, 2.45) is 87.3 Å². The molecular formula is C113H209N14O10S2Y2-. The summed E-state index contributed by atoms with van der Waals surface area (Å²) in [5, 5.41) is 27.5. The van der Waals surface area contributed by atoms with Gasteiger partial charge in [-0.05, 0) is 227 Å². The molecule has 4 amide bonds. The zero-order valence-electron chi connectivity index (χ0n) is 96.8. The molecule has 2 aromatic carbocycles. The second kappa shape index (κ2) is 85.9. The molecule has 10 rings (SSSR count). The SMILES string of the molecule is CC(=O)N(C)CCC(C)C.CC(C)C1CCCC1.CC(C)C1CCOCC1.CC(C)CCCC1N=CC=[N+]1C.CC(C)CNC(=O)C1CC1.CC(C)CNS(C)(=O)=O.CC(C)Cc1nnc(C2CC2)o1.CC(C)S(C)(=O)=O.CC(C)c1[c-]ccc[c-]1.CC(C)c1ccncc1.CCCNC(=O)CCC(C)C.CCNC(=O)C(C)(C)CC(C)C.CCc1cccc(C(C)C)c1.Cc1nnnn1CC(C)C.[Y].[Y]. The molecule has 0 spiro atoms. The predicted molar refractivity (Wildman–Crippen MR) is 587 cm³/mol. The number of pyridine rings is 1. The molecule has 141 heavy (non-hydrogen) atoms. The Labute approximate surface area is 915 Å². The van der Waals surface area contributed by atoms with Gasteiger partial charge in [-0.3, -0.25) is 47.9 Å². The van der Waals surface area contributed by atoms with Crippen molar-refractivity contribution in [2.75, 3.05) is 72.5 Å². The van der Waals surface area contributed by atoms with Gasteiger partial charge in [0.25, 0.3) is 0 Å². The number of aryl methyl sites for hydroxylation is 2. The first-order valence-corrected chi connectivity index (χ1v) is 56.9. The van der Waals surface area contributed by atoms with Crippen LogP contribution in [0.5, 0.6) is 0 Å². The van der Waals surface area contributed by atoms with Gasteiger partial charge < -0.3 is 42.1 Å². The number of amides is 4. The van der Waals surface area contributed by atoms with Crippen molar-refractivity contribution in [3.8, 4) is 0 Å². The third kappa shape index (κ3) is 88.8. The summed E-state index contributed by atoms with van der Waals surface area (Å²) in [6, 6.07) is 24.9. The topological polar surface area (TPSA) is 308 Å². The zero-order chi connectivity index (χ0) is 107. The molecule has 1 atom stereocenters. The summed E-state index contributed by atoms with van der Waals surface area (Å²) in [5.41, 5.74) is 5.19. The van der Waals surface area contributed by atoms with E-state index in [0.717, 1.165) is 156 Å². The van der Waals surface area contributed by atoms with Crippen LogP contribution in [-0.4, -0.2) is 182 Å². The quantitative estimate of drug-likeness (QED) is 0.0220. The maximum atomic E-state index is 11.5. The molecule has 0 bridgehead atoms. The summed E-state index contributed by atoms with van der Waals surface area (Å²) in [6.07, 6.45) is 34.2. The fraction of sp³-hybridized carbons (Fsp3) is 0.770. The standard InChI is InChI=1S/C11H16.C10H19N2.C10H21NO.C9H14N2O.C9H19NO.C9H10.C8H15NO.C8H17NO.C8H11N.C8H16O.C8H16.C6H12N4.C5H13NO2S.C4H10O2S.2Y/c1-4-10-6-5-7-11(8-10)9(2)3;1-9(2)5-4-6-10-11-7-8-12(10)3;1-6-11-9(12)10(4,5)7-8(2)3;1-6(2)5-8-10-11-9(12-8)7-3-4-7;1-4-7-10-9(11)6-5-8(2)3;1-8(2)9-6-4-3-5-7-9;1-6(2)5-9-8(10)7-3-4-7;1-7(2)5-6-9(4)8(3)10;2*1-7(2)8-3-5-9-6-4-8;1-7(2)8-5-3-4-6-8;1-5(2)4-10-6(3)7-8-9-10;1-5(2)4-6-9(3,7)8;1-4(2)7(3,5)6;;/h5-9H,4H2,1-3H3;7-10H,4-6H2,1-3H3;8H,6-7H2,1-5H3,(H,11,12);6-7H,3-5H2,1-2H3;8H,4-7H2,1-3H3,(H,10,11);3-5,8H,1-2H3;6-7H,3-5H2,1-2H3,(H,9,10);7H,5-6H2,1-4H3;3-7H,1-2H3;7-8H,3-6H2,1-2H3;7-8H,3-6H2,1-2H3;5H,4H2,1-3H3;5-6H,4H2,1-3H3;4H,1-3H3;;/q;+1;;;;-2;;;;;;;;;;. The fourth-order valence-corrected chi connectivity index (χ4v) is 13.7. The number of hydrogen-bond acceptors (Lipinski definition) is 17. The molecule has 3 aliphatic carbocycles. The molecule has 1 unspecified atom stereocenters. The summed E-state index contributed by atoms with van der Waals surface area (Å²) in [6.45, 7) is 80.2. The largest absolute Gasteiger partial charge is 0.425 e. The Bertz CT molecular complexity index is 4110. The van der Waals surface area contributed by atoms with E-state index in [1.807, 2.05) is 108 Å². The number of tetrazole rings is 1. The van der Waals surface area contributed by atoms with Gasteiger partial charge in [-0.25, -0.2) is 35.8 Å². The number of carbonyl (C=O) groups excluding carboxylic acids is 4. The number of carbonyl (C=O) groups is 4. The van der Waals surface area contributed by atoms with Crippen molar-refractivity contribution < 1.29 is 115 Å². The third-order valence-electron chi connectivity index (χ3n) is 22.9. The van der Waals surface area contributed by atoms with E-state index in [2.05, 4.69) is 284 Å². The normalized spacial score (nSPS) is 14.2. The molecular weight excluding hydrogens is 1960 g/mol. The number of rotatable bonds is 34. The first kappa shape index (κ1) is 147. The van der Waals surface area contributed by atoms with Gasteiger partial charge in [0.2, 0.25) is 51.6 Å². The van der Waals surface area contributed by atoms with Crippen LogP contribution in [-0.2, 0) is 129 Å². The van der Waals surface area contributed by atoms with Crippen LogP contribution in [0.2, 0.25) is 0 Å². The molecule has 4 N–H and O–H groups in total. The van der Waals surface area contributed by atoms with Crippen LogP contribution in [0.15, 0.2) is 76.4 Å². The smallest absolute Gasteiger partial charge is 0.245 e. The van der Waals surface area contributed by atoms with Crippen LogP contribution in [0, 0.1) is 101 Å². The Morgan fingerprint density at radius 2 is 1.14 bits per heavy atom. The van der Waals surface area contributed by atoms with Gasteiger partial charge in [0, 0.05) is 187 Å². The van der Waals surface area contributed by atoms with E-state index >= 15 is 0 Å². The molecule has 2 aliphatic heterocycles. The van der Waals surface area contributed by atoms with Crippen LogP contribution < -0.4 is 20.7 Å². The summed E-state index contributed by atoms with van der Waals surface area (Å²) < 4.78 is 58.6. The van der Waals surface area contributed by atoms with Crippen molar-refractivity contribution in [2.45, 2.75) is 412 Å². The van der Waals surface area contributed by atoms with E-state index in [1.54, 1.807) is 25.7 Å². The monoisotopic (exact) mass is 2160 g/mol. The molecule has 1 saturated heterocycles. The van der Waals surface area contributed by atoms with Crippen molar-refractivity contribution >= 4 is 55.9 Å². The first-order chi connectivity index (χ1) is 64.8. The van der Waals surface area contributed by atoms with E-state index in [-0.39, 0.29) is 99.7 Å². The molecule has 5 aromatic rings. The van der Waals surface area contributed by atoms with Crippen LogP contribution in [0.4, 0.5) is 0 Å². The fourth-order valence-electron chi connectivity index (χ4n) is 13.0. The molecule has 5 heterocycles. The van der Waals surface area contributed by atoms with Crippen LogP contribution in [0.1, 0.15) is 415 Å². The number of ether oxygens (including phenoxy) is 1. The Kier molecular flexibility index (Phi) is 89.4. The summed E-state index contributed by atoms with van der Waals surface area (Å²) in [7, 11) is -1.78. The van der Waals surface area contributed by atoms with Crippen LogP contribution in [0.3, 0.4) is 0 Å². The Balaban J connectivity index is -0.000000348. The second-order valence-electron chi connectivity index (χ2n) is 43.7. The molecule has 3 aromatic heterocycles. The maximum Gasteiger partial charge on any atom is 0.245 e. The van der Waals surface area contributed by atoms with E-state index in [9.17, 15) is 36.0 Å². The van der Waals surface area contributed by atoms with E-state index in [4.69, 9.17) is 9.15 Å². The maximum absolute atomic E-state index is 11.5. The number of sulfone groups is 1. The van der Waals surface area contributed by atoms with Crippen molar-refractivity contribution in [3.63, 3.8) is 0 Å². The van der Waals surface area contributed by atoms with Crippen molar-refractivity contribution in [1.29, 1.82) is 0 Å². The van der Waals surface area contributed by atoms with Gasteiger partial charge >= 0.3 is 0 Å². The molecule has 810 valence electrons. The average Bonchev–Trinajstić information content (AvgIpc) is 1.69. The number of sulfonamides is 1. The minimum atomic E-state index is -2.97. The molecule has 28 heteroatoms. The molecule has 24 nitrogen and oxygen atoms in total. The number of benzene rings is 2. The predicted octanol–water partition coefficient (Wildman–Crippen LogP) is 25.1. The Hall–Kier alpha value is -4.95. The number of nitrogens with zero attached hydrogens (tertiary/aromatic N) is 10. The van der Waals surface area contributed by atoms with Gasteiger partial charge in [-0.15, -0.1) is 15.3 Å². The third-order valence-corrected chi connectivity index (χ3v) is 25.3. The average molecular weight is 2170 g/mol. The van der Waals surface area contributed by atoms with Crippen molar-refractivity contribution in [3.05, 3.63) is 119 Å². The van der Waals surface area contributed by atoms with Crippen LogP contribution >= 0.6 is 0 Å². The van der Waals surface area contributed by atoms with E-state index in [1.165, 1.54) is 93.6 Å². The summed E-state index contributed by atoms with van der Waals surface area (Å²) in [5.74, 6) is 14.7. The van der Waals surface area contributed by atoms with Gasteiger partial charge in [-0.2, -0.15) is 0 Å². The minimum absolute atomic E-state index is 0. The molecule has 2 radical (unpaired) electrons. The van der Waals surface area contributed by atoms with Gasteiger partial charge in [0.15, 0.2) is 6.21 Å². The molecule has 3 saturated carbocycles. The number of aromatic nitrogens is 7. The summed E-state index contributed by atoms with van der Waals surface area (Å²) in [4.78, 5) is 54.2. The van der Waals surface area contributed by atoms with Crippen LogP contribution in [0.25, 0.3) is 0 Å². The van der Waals surface area contributed by atoms with Crippen molar-refractivity contribution in [1.82, 2.24) is 61.0 Å². The van der Waals surface area contributed by atoms with Gasteiger partial charge in [0.05, 0.1) is 17.7 Å². The number of hydrogen-bond donors (Lipinski definition) is 4. The second-order valence-corrected chi connectivity index (χ2v) is 48.2. The Morgan fingerprint density at radius 3 is 1.50 bits per heavy atom. The summed E-state index contributed by atoms with van der Waals surface area (Å²) >= 11 is 0. The number of aliphatic imine (C=N–C) groups is 1. The molecule has 5 aliphatic rings.